The molecule has 6 nitrogen and oxygen atoms in total. The maximum atomic E-state index is 10.7. The van der Waals surface area contributed by atoms with Crippen molar-refractivity contribution in [1.82, 2.24) is 4.98 Å². The SMILES string of the molecule is COc1cccc(CNc2ccc([N+](=O)[O-])c(C)n2)c1. The van der Waals surface area contributed by atoms with Crippen molar-refractivity contribution in [1.29, 1.82) is 0 Å². The summed E-state index contributed by atoms with van der Waals surface area (Å²) in [5, 5.41) is 13.8. The fraction of sp³-hybridized carbons (Fsp3) is 0.214. The van der Waals surface area contributed by atoms with E-state index in [1.807, 2.05) is 24.3 Å². The molecule has 0 radical (unpaired) electrons. The minimum atomic E-state index is -0.436. The fourth-order valence-electron chi connectivity index (χ4n) is 1.82. The first-order chi connectivity index (χ1) is 9.60. The molecule has 2 aromatic rings. The summed E-state index contributed by atoms with van der Waals surface area (Å²) >= 11 is 0. The Hall–Kier alpha value is -2.63. The van der Waals surface area contributed by atoms with Gasteiger partial charge in [-0.25, -0.2) is 4.98 Å². The third-order valence-corrected chi connectivity index (χ3v) is 2.86. The van der Waals surface area contributed by atoms with Crippen LogP contribution in [0.3, 0.4) is 0 Å². The van der Waals surface area contributed by atoms with Gasteiger partial charge in [-0.3, -0.25) is 10.1 Å². The predicted molar refractivity (Wildman–Crippen MR) is 75.9 cm³/mol. The van der Waals surface area contributed by atoms with Crippen LogP contribution in [0.4, 0.5) is 11.5 Å². The second kappa shape index (κ2) is 6.01. The average molecular weight is 273 g/mol. The van der Waals surface area contributed by atoms with Crippen molar-refractivity contribution in [3.63, 3.8) is 0 Å². The molecule has 0 bridgehead atoms. The zero-order chi connectivity index (χ0) is 14.5. The van der Waals surface area contributed by atoms with Crippen LogP contribution in [0.15, 0.2) is 36.4 Å². The van der Waals surface area contributed by atoms with E-state index < -0.39 is 4.92 Å². The molecule has 2 rings (SSSR count). The van der Waals surface area contributed by atoms with E-state index >= 15 is 0 Å². The molecule has 0 amide bonds. The first kappa shape index (κ1) is 13.8. The molecule has 0 saturated carbocycles. The number of hydrogen-bond donors (Lipinski definition) is 1. The maximum Gasteiger partial charge on any atom is 0.290 e. The summed E-state index contributed by atoms with van der Waals surface area (Å²) in [5.41, 5.74) is 1.46. The van der Waals surface area contributed by atoms with Crippen LogP contribution in [-0.4, -0.2) is 17.0 Å². The van der Waals surface area contributed by atoms with Gasteiger partial charge in [-0.2, -0.15) is 0 Å². The van der Waals surface area contributed by atoms with Crippen molar-refractivity contribution < 1.29 is 9.66 Å². The second-order valence-corrected chi connectivity index (χ2v) is 4.26. The second-order valence-electron chi connectivity index (χ2n) is 4.26. The molecule has 0 unspecified atom stereocenters. The summed E-state index contributed by atoms with van der Waals surface area (Å²) in [7, 11) is 1.62. The smallest absolute Gasteiger partial charge is 0.290 e. The van der Waals surface area contributed by atoms with Crippen molar-refractivity contribution in [2.45, 2.75) is 13.5 Å². The van der Waals surface area contributed by atoms with E-state index in [-0.39, 0.29) is 5.69 Å². The van der Waals surface area contributed by atoms with Gasteiger partial charge in [0.15, 0.2) is 0 Å². The van der Waals surface area contributed by atoms with Gasteiger partial charge < -0.3 is 10.1 Å². The number of nitrogens with zero attached hydrogens (tertiary/aromatic N) is 2. The Bertz CT molecular complexity index is 629. The van der Waals surface area contributed by atoms with Crippen LogP contribution in [0.1, 0.15) is 11.3 Å². The molecule has 0 fully saturated rings. The Balaban J connectivity index is 2.07. The van der Waals surface area contributed by atoms with Crippen molar-refractivity contribution >= 4 is 11.5 Å². The van der Waals surface area contributed by atoms with Gasteiger partial charge in [0.25, 0.3) is 5.69 Å². The van der Waals surface area contributed by atoms with E-state index in [2.05, 4.69) is 10.3 Å². The van der Waals surface area contributed by atoms with E-state index in [1.54, 1.807) is 20.1 Å². The quantitative estimate of drug-likeness (QED) is 0.669. The van der Waals surface area contributed by atoms with Crippen LogP contribution in [-0.2, 0) is 6.54 Å². The lowest BCUT2D eigenvalue weighted by Gasteiger charge is -2.08. The molecule has 0 spiro atoms. The zero-order valence-electron chi connectivity index (χ0n) is 11.3. The highest BCUT2D eigenvalue weighted by Crippen LogP contribution is 2.19. The summed E-state index contributed by atoms with van der Waals surface area (Å²) in [4.78, 5) is 14.4. The lowest BCUT2D eigenvalue weighted by atomic mass is 10.2. The van der Waals surface area contributed by atoms with Gasteiger partial charge in [0.1, 0.15) is 17.3 Å². The number of aryl methyl sites for hydroxylation is 1. The van der Waals surface area contributed by atoms with Gasteiger partial charge in [-0.15, -0.1) is 0 Å². The van der Waals surface area contributed by atoms with Crippen molar-refractivity contribution in [3.05, 3.63) is 57.8 Å². The van der Waals surface area contributed by atoms with Gasteiger partial charge >= 0.3 is 0 Å². The topological polar surface area (TPSA) is 77.3 Å². The largest absolute Gasteiger partial charge is 0.497 e. The van der Waals surface area contributed by atoms with Crippen LogP contribution >= 0.6 is 0 Å². The van der Waals surface area contributed by atoms with Crippen LogP contribution in [0.5, 0.6) is 5.75 Å². The number of benzene rings is 1. The van der Waals surface area contributed by atoms with Crippen molar-refractivity contribution in [2.24, 2.45) is 0 Å². The number of nitrogens with one attached hydrogen (secondary N) is 1. The molecule has 20 heavy (non-hydrogen) atoms. The molecule has 0 aliphatic carbocycles. The van der Waals surface area contributed by atoms with E-state index in [4.69, 9.17) is 4.74 Å². The first-order valence-electron chi connectivity index (χ1n) is 6.09. The van der Waals surface area contributed by atoms with Gasteiger partial charge in [0.05, 0.1) is 12.0 Å². The van der Waals surface area contributed by atoms with Gasteiger partial charge in [0, 0.05) is 12.6 Å². The number of rotatable bonds is 5. The lowest BCUT2D eigenvalue weighted by Crippen LogP contribution is -2.03. The standard InChI is InChI=1S/C14H15N3O3/c1-10-13(17(18)19)6-7-14(16-10)15-9-11-4-3-5-12(8-11)20-2/h3-8H,9H2,1-2H3,(H,15,16). The third kappa shape index (κ3) is 3.23. The molecule has 1 aromatic heterocycles. The van der Waals surface area contributed by atoms with E-state index in [1.165, 1.54) is 6.07 Å². The minimum absolute atomic E-state index is 0.0249. The number of pyridine rings is 1. The number of aromatic nitrogens is 1. The summed E-state index contributed by atoms with van der Waals surface area (Å²) in [6.07, 6.45) is 0. The number of anilines is 1. The molecular formula is C14H15N3O3. The van der Waals surface area contributed by atoms with Crippen LogP contribution in [0, 0.1) is 17.0 Å². The summed E-state index contributed by atoms with van der Waals surface area (Å²) < 4.78 is 5.15. The van der Waals surface area contributed by atoms with Crippen molar-refractivity contribution in [2.75, 3.05) is 12.4 Å². The van der Waals surface area contributed by atoms with E-state index in [0.717, 1.165) is 11.3 Å². The highest BCUT2D eigenvalue weighted by atomic mass is 16.6. The number of nitro groups is 1. The third-order valence-electron chi connectivity index (χ3n) is 2.86. The average Bonchev–Trinajstić information content (AvgIpc) is 2.45. The molecule has 0 aliphatic heterocycles. The van der Waals surface area contributed by atoms with E-state index in [0.29, 0.717) is 18.1 Å². The Morgan fingerprint density at radius 3 is 2.80 bits per heavy atom. The normalized spacial score (nSPS) is 10.1. The Morgan fingerprint density at radius 1 is 1.35 bits per heavy atom. The summed E-state index contributed by atoms with van der Waals surface area (Å²) in [5.74, 6) is 1.40. The predicted octanol–water partition coefficient (Wildman–Crippen LogP) is 2.92. The Morgan fingerprint density at radius 2 is 2.15 bits per heavy atom. The van der Waals surface area contributed by atoms with Crippen LogP contribution in [0.2, 0.25) is 0 Å². The van der Waals surface area contributed by atoms with Gasteiger partial charge in [-0.1, -0.05) is 12.1 Å². The number of hydrogen-bond acceptors (Lipinski definition) is 5. The van der Waals surface area contributed by atoms with Gasteiger partial charge in [-0.05, 0) is 30.7 Å². The molecule has 1 aromatic carbocycles. The summed E-state index contributed by atoms with van der Waals surface area (Å²) in [6.45, 7) is 2.19. The van der Waals surface area contributed by atoms with Crippen LogP contribution in [0.25, 0.3) is 0 Å². The Labute approximate surface area is 116 Å². The summed E-state index contributed by atoms with van der Waals surface area (Å²) in [6, 6.07) is 10.7. The lowest BCUT2D eigenvalue weighted by molar-refractivity contribution is -0.385. The molecule has 1 N–H and O–H groups in total. The monoisotopic (exact) mass is 273 g/mol. The molecule has 0 saturated heterocycles. The molecule has 104 valence electrons. The zero-order valence-corrected chi connectivity index (χ0v) is 11.3. The molecule has 1 heterocycles. The van der Waals surface area contributed by atoms with Crippen molar-refractivity contribution in [3.8, 4) is 5.75 Å². The first-order valence-corrected chi connectivity index (χ1v) is 6.09. The highest BCUT2D eigenvalue weighted by Gasteiger charge is 2.11. The number of methoxy groups -OCH3 is 1. The molecule has 0 aliphatic rings. The number of ether oxygens (including phenoxy) is 1. The maximum absolute atomic E-state index is 10.7. The van der Waals surface area contributed by atoms with E-state index in [9.17, 15) is 10.1 Å². The minimum Gasteiger partial charge on any atom is -0.497 e. The van der Waals surface area contributed by atoms with Crippen LogP contribution < -0.4 is 10.1 Å². The molecule has 6 heteroatoms. The molecule has 0 atom stereocenters. The molecular weight excluding hydrogens is 258 g/mol. The highest BCUT2D eigenvalue weighted by molar-refractivity contribution is 5.45. The van der Waals surface area contributed by atoms with Gasteiger partial charge in [0.2, 0.25) is 0 Å². The fourth-order valence-corrected chi connectivity index (χ4v) is 1.82. The Kier molecular flexibility index (Phi) is 4.14.